The normalized spacial score (nSPS) is 10.2. The number of amides is 1. The average molecular weight is 426 g/mol. The Morgan fingerprint density at radius 2 is 1.67 bits per heavy atom. The number of anilines is 1. The van der Waals surface area contributed by atoms with Gasteiger partial charge in [0.15, 0.2) is 6.61 Å². The molecule has 0 unspecified atom stereocenters. The standard InChI is InChI=1S/C23H20ClNO5/c1-28-21-12-11-17(13-19(21)24)25-22(26)15-29-20-10-6-5-9-18(20)23(27)30-14-16-7-3-2-4-8-16/h2-13H,14-15H2,1H3,(H,25,26). The molecule has 0 saturated carbocycles. The van der Waals surface area contributed by atoms with Crippen LogP contribution < -0.4 is 14.8 Å². The summed E-state index contributed by atoms with van der Waals surface area (Å²) < 4.78 is 16.0. The number of hydrogen-bond donors (Lipinski definition) is 1. The second-order valence-corrected chi connectivity index (χ2v) is 6.65. The molecule has 0 heterocycles. The van der Waals surface area contributed by atoms with Gasteiger partial charge in [-0.1, -0.05) is 54.1 Å². The molecule has 0 spiro atoms. The van der Waals surface area contributed by atoms with Crippen molar-refractivity contribution in [3.63, 3.8) is 0 Å². The number of para-hydroxylation sites is 1. The fraction of sp³-hybridized carbons (Fsp3) is 0.130. The second-order valence-electron chi connectivity index (χ2n) is 6.24. The first-order chi connectivity index (χ1) is 14.6. The molecular weight excluding hydrogens is 406 g/mol. The van der Waals surface area contributed by atoms with Crippen LogP contribution in [0, 0.1) is 0 Å². The molecule has 0 fully saturated rings. The molecule has 1 N–H and O–H groups in total. The van der Waals surface area contributed by atoms with Crippen molar-refractivity contribution in [3.8, 4) is 11.5 Å². The van der Waals surface area contributed by atoms with Crippen LogP contribution >= 0.6 is 11.6 Å². The number of esters is 1. The number of nitrogens with one attached hydrogen (secondary N) is 1. The van der Waals surface area contributed by atoms with Crippen LogP contribution in [-0.2, 0) is 16.1 Å². The van der Waals surface area contributed by atoms with Crippen LogP contribution in [-0.4, -0.2) is 25.6 Å². The van der Waals surface area contributed by atoms with Crippen molar-refractivity contribution in [2.45, 2.75) is 6.61 Å². The highest BCUT2D eigenvalue weighted by atomic mass is 35.5. The lowest BCUT2D eigenvalue weighted by Gasteiger charge is -2.12. The zero-order valence-corrected chi connectivity index (χ0v) is 17.0. The smallest absolute Gasteiger partial charge is 0.342 e. The zero-order valence-electron chi connectivity index (χ0n) is 16.3. The minimum Gasteiger partial charge on any atom is -0.495 e. The molecule has 0 atom stereocenters. The van der Waals surface area contributed by atoms with Gasteiger partial charge in [-0.2, -0.15) is 0 Å². The molecular formula is C23H20ClNO5. The molecule has 30 heavy (non-hydrogen) atoms. The van der Waals surface area contributed by atoms with Crippen molar-refractivity contribution in [1.82, 2.24) is 0 Å². The first-order valence-corrected chi connectivity index (χ1v) is 9.51. The van der Waals surface area contributed by atoms with Gasteiger partial charge in [-0.3, -0.25) is 4.79 Å². The third kappa shape index (κ3) is 5.75. The fourth-order valence-corrected chi connectivity index (χ4v) is 2.90. The van der Waals surface area contributed by atoms with E-state index in [0.717, 1.165) is 5.56 Å². The van der Waals surface area contributed by atoms with Crippen LogP contribution in [0.2, 0.25) is 5.02 Å². The zero-order chi connectivity index (χ0) is 21.3. The van der Waals surface area contributed by atoms with Gasteiger partial charge >= 0.3 is 5.97 Å². The van der Waals surface area contributed by atoms with E-state index in [9.17, 15) is 9.59 Å². The molecule has 0 aliphatic rings. The molecule has 154 valence electrons. The third-order valence-electron chi connectivity index (χ3n) is 4.11. The molecule has 0 radical (unpaired) electrons. The Morgan fingerprint density at radius 3 is 2.40 bits per heavy atom. The molecule has 3 rings (SSSR count). The summed E-state index contributed by atoms with van der Waals surface area (Å²) in [6, 6.07) is 20.9. The van der Waals surface area contributed by atoms with Gasteiger partial charge in [0.1, 0.15) is 23.7 Å². The minimum atomic E-state index is -0.531. The van der Waals surface area contributed by atoms with Gasteiger partial charge in [-0.15, -0.1) is 0 Å². The van der Waals surface area contributed by atoms with E-state index in [1.54, 1.807) is 42.5 Å². The van der Waals surface area contributed by atoms with E-state index in [2.05, 4.69) is 5.32 Å². The van der Waals surface area contributed by atoms with Gasteiger partial charge in [-0.05, 0) is 35.9 Å². The van der Waals surface area contributed by atoms with Crippen molar-refractivity contribution in [2.24, 2.45) is 0 Å². The molecule has 3 aromatic carbocycles. The Hall–Kier alpha value is -3.51. The number of methoxy groups -OCH3 is 1. The van der Waals surface area contributed by atoms with E-state index in [0.29, 0.717) is 16.5 Å². The third-order valence-corrected chi connectivity index (χ3v) is 4.41. The number of halogens is 1. The Morgan fingerprint density at radius 1 is 0.933 bits per heavy atom. The van der Waals surface area contributed by atoms with Gasteiger partial charge < -0.3 is 19.5 Å². The molecule has 0 saturated heterocycles. The van der Waals surface area contributed by atoms with E-state index in [1.807, 2.05) is 30.3 Å². The Bertz CT molecular complexity index is 1020. The average Bonchev–Trinajstić information content (AvgIpc) is 2.77. The van der Waals surface area contributed by atoms with Crippen molar-refractivity contribution in [1.29, 1.82) is 0 Å². The van der Waals surface area contributed by atoms with Gasteiger partial charge in [0.25, 0.3) is 5.91 Å². The summed E-state index contributed by atoms with van der Waals surface area (Å²) in [5.74, 6) is -0.159. The van der Waals surface area contributed by atoms with E-state index in [-0.39, 0.29) is 24.5 Å². The van der Waals surface area contributed by atoms with Gasteiger partial charge in [-0.25, -0.2) is 4.79 Å². The lowest BCUT2D eigenvalue weighted by Crippen LogP contribution is -2.21. The molecule has 3 aromatic rings. The lowest BCUT2D eigenvalue weighted by atomic mass is 10.2. The van der Waals surface area contributed by atoms with Crippen LogP contribution in [0.15, 0.2) is 72.8 Å². The number of carbonyl (C=O) groups is 2. The maximum absolute atomic E-state index is 12.4. The maximum atomic E-state index is 12.4. The number of hydrogen-bond acceptors (Lipinski definition) is 5. The summed E-state index contributed by atoms with van der Waals surface area (Å²) >= 11 is 6.06. The fourth-order valence-electron chi connectivity index (χ4n) is 2.65. The van der Waals surface area contributed by atoms with Crippen molar-refractivity contribution >= 4 is 29.2 Å². The predicted octanol–water partition coefficient (Wildman–Crippen LogP) is 4.72. The van der Waals surface area contributed by atoms with Gasteiger partial charge in [0.2, 0.25) is 0 Å². The van der Waals surface area contributed by atoms with Crippen LogP contribution in [0.25, 0.3) is 0 Å². The first kappa shape index (κ1) is 21.2. The highest BCUT2D eigenvalue weighted by Crippen LogP contribution is 2.27. The molecule has 0 aromatic heterocycles. The topological polar surface area (TPSA) is 73.9 Å². The predicted molar refractivity (Wildman–Crippen MR) is 114 cm³/mol. The molecule has 0 aliphatic heterocycles. The van der Waals surface area contributed by atoms with Gasteiger partial charge in [0.05, 0.1) is 12.1 Å². The molecule has 0 bridgehead atoms. The lowest BCUT2D eigenvalue weighted by molar-refractivity contribution is -0.118. The summed E-state index contributed by atoms with van der Waals surface area (Å²) in [7, 11) is 1.51. The molecule has 1 amide bonds. The summed E-state index contributed by atoms with van der Waals surface area (Å²) in [5.41, 5.74) is 1.63. The van der Waals surface area contributed by atoms with Crippen molar-refractivity contribution < 1.29 is 23.8 Å². The molecule has 7 heteroatoms. The first-order valence-electron chi connectivity index (χ1n) is 9.13. The van der Waals surface area contributed by atoms with Crippen molar-refractivity contribution in [3.05, 3.63) is 88.9 Å². The number of rotatable bonds is 8. The molecule has 6 nitrogen and oxygen atoms in total. The van der Waals surface area contributed by atoms with E-state index < -0.39 is 11.9 Å². The van der Waals surface area contributed by atoms with Crippen LogP contribution in [0.1, 0.15) is 15.9 Å². The highest BCUT2D eigenvalue weighted by Gasteiger charge is 2.15. The summed E-state index contributed by atoms with van der Waals surface area (Å²) in [5, 5.41) is 3.06. The Kier molecular flexibility index (Phi) is 7.29. The van der Waals surface area contributed by atoms with Crippen molar-refractivity contribution in [2.75, 3.05) is 19.0 Å². The van der Waals surface area contributed by atoms with Crippen LogP contribution in [0.5, 0.6) is 11.5 Å². The SMILES string of the molecule is COc1ccc(NC(=O)COc2ccccc2C(=O)OCc2ccccc2)cc1Cl. The summed E-state index contributed by atoms with van der Waals surface area (Å²) in [4.78, 5) is 24.7. The van der Waals surface area contributed by atoms with Crippen LogP contribution in [0.4, 0.5) is 5.69 Å². The maximum Gasteiger partial charge on any atom is 0.342 e. The number of ether oxygens (including phenoxy) is 3. The van der Waals surface area contributed by atoms with E-state index >= 15 is 0 Å². The Balaban J connectivity index is 1.58. The molecule has 0 aliphatic carbocycles. The second kappa shape index (κ2) is 10.3. The van der Waals surface area contributed by atoms with E-state index in [1.165, 1.54) is 7.11 Å². The Labute approximate surface area is 179 Å². The van der Waals surface area contributed by atoms with E-state index in [4.69, 9.17) is 25.8 Å². The highest BCUT2D eigenvalue weighted by molar-refractivity contribution is 6.32. The monoisotopic (exact) mass is 425 g/mol. The summed E-state index contributed by atoms with van der Waals surface area (Å²) in [6.45, 7) is -0.140. The quantitative estimate of drug-likeness (QED) is 0.528. The largest absolute Gasteiger partial charge is 0.495 e. The minimum absolute atomic E-state index is 0.146. The number of carbonyl (C=O) groups excluding carboxylic acids is 2. The van der Waals surface area contributed by atoms with Crippen LogP contribution in [0.3, 0.4) is 0 Å². The van der Waals surface area contributed by atoms with Gasteiger partial charge in [0, 0.05) is 5.69 Å². The summed E-state index contributed by atoms with van der Waals surface area (Å²) in [6.07, 6.45) is 0. The number of benzene rings is 3.